The van der Waals surface area contributed by atoms with Gasteiger partial charge in [-0.25, -0.2) is 4.68 Å². The average molecular weight is 691 g/mol. The predicted octanol–water partition coefficient (Wildman–Crippen LogP) is 4.04. The molecule has 2 aromatic heterocycles. The molecule has 1 aliphatic rings. The highest BCUT2D eigenvalue weighted by molar-refractivity contribution is 6.19. The molecule has 0 fully saturated rings. The molecule has 0 saturated carbocycles. The van der Waals surface area contributed by atoms with Crippen LogP contribution in [0.5, 0.6) is 11.5 Å². The van der Waals surface area contributed by atoms with Gasteiger partial charge in [0, 0.05) is 59.0 Å². The molecular weight excluding hydrogens is 652 g/mol. The molecule has 4 N–H and O–H groups in total. The molecule has 0 bridgehead atoms. The summed E-state index contributed by atoms with van der Waals surface area (Å²) in [5.41, 5.74) is 9.02. The molecule has 0 unspecified atom stereocenters. The first kappa shape index (κ1) is 34.3. The van der Waals surface area contributed by atoms with Gasteiger partial charge in [-0.3, -0.25) is 9.59 Å². The number of phenolic OH excluding ortho intramolecular Hbond substituents is 1. The number of ether oxygens (including phenoxy) is 4. The van der Waals surface area contributed by atoms with Crippen molar-refractivity contribution in [1.29, 1.82) is 0 Å². The minimum absolute atomic E-state index is 0.0576. The second-order valence-electron chi connectivity index (χ2n) is 11.7. The van der Waals surface area contributed by atoms with Crippen molar-refractivity contribution in [2.75, 3.05) is 70.6 Å². The minimum Gasteiger partial charge on any atom is -0.507 e. The zero-order chi connectivity index (χ0) is 34.3. The summed E-state index contributed by atoms with van der Waals surface area (Å²) in [6.45, 7) is 4.07. The van der Waals surface area contributed by atoms with E-state index in [1.807, 2.05) is 36.4 Å². The van der Waals surface area contributed by atoms with Crippen molar-refractivity contribution in [2.24, 2.45) is 5.73 Å². The van der Waals surface area contributed by atoms with Gasteiger partial charge in [-0.05, 0) is 35.4 Å². The number of halogens is 1. The highest BCUT2D eigenvalue weighted by Gasteiger charge is 2.36. The Bertz CT molecular complexity index is 1940. The normalized spacial score (nSPS) is 14.2. The van der Waals surface area contributed by atoms with Crippen molar-refractivity contribution in [1.82, 2.24) is 20.0 Å². The van der Waals surface area contributed by atoms with Crippen LogP contribution in [0.2, 0.25) is 0 Å². The largest absolute Gasteiger partial charge is 0.507 e. The van der Waals surface area contributed by atoms with Crippen LogP contribution in [0.1, 0.15) is 38.0 Å². The van der Waals surface area contributed by atoms with Gasteiger partial charge in [0.1, 0.15) is 22.9 Å². The summed E-state index contributed by atoms with van der Waals surface area (Å²) in [4.78, 5) is 31.8. The number of hydrogen-bond donors (Lipinski definition) is 3. The van der Waals surface area contributed by atoms with E-state index in [0.29, 0.717) is 87.7 Å². The topological polar surface area (TPSA) is 167 Å². The number of rotatable bonds is 17. The summed E-state index contributed by atoms with van der Waals surface area (Å²) in [6.07, 6.45) is 1.73. The third-order valence-corrected chi connectivity index (χ3v) is 8.82. The summed E-state index contributed by atoms with van der Waals surface area (Å²) in [5, 5.41) is 21.2. The van der Waals surface area contributed by atoms with Crippen molar-refractivity contribution in [2.45, 2.75) is 18.9 Å². The number of ketones is 1. The van der Waals surface area contributed by atoms with Crippen molar-refractivity contribution in [3.63, 3.8) is 0 Å². The fourth-order valence-electron chi connectivity index (χ4n) is 6.12. The van der Waals surface area contributed by atoms with Crippen LogP contribution < -0.4 is 15.4 Å². The first-order valence-corrected chi connectivity index (χ1v) is 16.6. The van der Waals surface area contributed by atoms with Gasteiger partial charge < -0.3 is 39.7 Å². The zero-order valence-corrected chi connectivity index (χ0v) is 27.9. The lowest BCUT2D eigenvalue weighted by molar-refractivity contribution is 0.0141. The summed E-state index contributed by atoms with van der Waals surface area (Å²) < 4.78 is 23.4. The molecule has 49 heavy (non-hydrogen) atoms. The quantitative estimate of drug-likeness (QED) is 0.0736. The Labute approximate surface area is 287 Å². The summed E-state index contributed by atoms with van der Waals surface area (Å²) in [5.74, 6) is 0.385. The molecule has 1 aliphatic heterocycles. The first-order valence-electron chi connectivity index (χ1n) is 16.1. The van der Waals surface area contributed by atoms with E-state index < -0.39 is 0 Å². The summed E-state index contributed by atoms with van der Waals surface area (Å²) in [6, 6.07) is 14.5. The zero-order valence-electron chi connectivity index (χ0n) is 27.2. The Kier molecular flexibility index (Phi) is 11.1. The van der Waals surface area contributed by atoms with Crippen LogP contribution >= 0.6 is 11.6 Å². The summed E-state index contributed by atoms with van der Waals surface area (Å²) >= 11 is 6.41. The number of carbonyl (C=O) groups is 2. The van der Waals surface area contributed by atoms with E-state index in [1.54, 1.807) is 35.0 Å². The van der Waals surface area contributed by atoms with Gasteiger partial charge in [0.2, 0.25) is 0 Å². The molecular formula is C35H39ClN6O7. The second kappa shape index (κ2) is 15.8. The number of methoxy groups -OCH3 is 1. The lowest BCUT2D eigenvalue weighted by Gasteiger charge is -2.18. The van der Waals surface area contributed by atoms with Gasteiger partial charge in [0.15, 0.2) is 5.78 Å². The second-order valence-corrected chi connectivity index (χ2v) is 12.0. The number of nitrogens with one attached hydrogen (secondary N) is 1. The molecule has 0 radical (unpaired) electrons. The van der Waals surface area contributed by atoms with E-state index in [9.17, 15) is 14.7 Å². The smallest absolute Gasteiger partial charge is 0.274 e. The van der Waals surface area contributed by atoms with Crippen LogP contribution in [0.3, 0.4) is 0 Å². The number of anilines is 1. The molecule has 0 aliphatic carbocycles. The SMILES string of the molecule is COc1cccc2c(O)cc3c(c12)[C@H](CCl)CN3C(=O)c1cc2cc(CC(=O)c3cn(CCOCCOCCOCCN)nn3)ccc2[nH]1. The number of Topliss-reactive ketones (excluding diaryl/α,β-unsaturated/α-hetero) is 1. The summed E-state index contributed by atoms with van der Waals surface area (Å²) in [7, 11) is 1.58. The van der Waals surface area contributed by atoms with Crippen molar-refractivity contribution < 1.29 is 33.6 Å². The number of phenols is 1. The molecule has 3 heterocycles. The molecule has 1 atom stereocenters. The van der Waals surface area contributed by atoms with E-state index in [-0.39, 0.29) is 35.5 Å². The standard InChI is InChI=1S/C35H39ClN6O7/c1-46-32-4-2-3-25-30(43)18-29-33(34(25)32)24(19-36)20-42(29)35(45)27-17-23-15-22(5-6-26(23)38-27)16-31(44)28-21-41(40-39-28)8-10-48-12-14-49-13-11-47-9-7-37/h2-6,15,17-18,21,24,38,43H,7-14,16,19-20,37H2,1H3/t24-/m1/s1. The van der Waals surface area contributed by atoms with Crippen LogP contribution in [0.15, 0.2) is 54.7 Å². The predicted molar refractivity (Wildman–Crippen MR) is 185 cm³/mol. The number of carbonyl (C=O) groups excluding carboxylic acids is 2. The Balaban J connectivity index is 1.08. The number of alkyl halides is 1. The minimum atomic E-state index is -0.252. The maximum atomic E-state index is 13.9. The van der Waals surface area contributed by atoms with Crippen LogP contribution in [-0.4, -0.2) is 102 Å². The van der Waals surface area contributed by atoms with Crippen LogP contribution in [0, 0.1) is 0 Å². The number of amides is 1. The van der Waals surface area contributed by atoms with Gasteiger partial charge in [-0.2, -0.15) is 0 Å². The van der Waals surface area contributed by atoms with Crippen molar-refractivity contribution in [3.05, 3.63) is 77.2 Å². The highest BCUT2D eigenvalue weighted by atomic mass is 35.5. The Morgan fingerprint density at radius 3 is 2.57 bits per heavy atom. The van der Waals surface area contributed by atoms with Crippen LogP contribution in [0.4, 0.5) is 5.69 Å². The van der Waals surface area contributed by atoms with E-state index in [1.165, 1.54) is 0 Å². The number of nitrogens with two attached hydrogens (primary N) is 1. The molecule has 14 heteroatoms. The molecule has 3 aromatic carbocycles. The number of hydrogen-bond acceptors (Lipinski definition) is 10. The van der Waals surface area contributed by atoms with Crippen molar-refractivity contribution in [3.8, 4) is 11.5 Å². The van der Waals surface area contributed by atoms with Crippen LogP contribution in [-0.2, 0) is 27.2 Å². The first-order chi connectivity index (χ1) is 23.9. The highest BCUT2D eigenvalue weighted by Crippen LogP contribution is 2.48. The van der Waals surface area contributed by atoms with Gasteiger partial charge >= 0.3 is 0 Å². The monoisotopic (exact) mass is 690 g/mol. The molecule has 13 nitrogen and oxygen atoms in total. The molecule has 1 amide bonds. The van der Waals surface area contributed by atoms with Crippen molar-refractivity contribution >= 4 is 50.7 Å². The fourth-order valence-corrected chi connectivity index (χ4v) is 6.37. The number of aromatic nitrogens is 4. The van der Waals surface area contributed by atoms with E-state index in [0.717, 1.165) is 27.4 Å². The molecule has 0 saturated heterocycles. The van der Waals surface area contributed by atoms with E-state index in [2.05, 4.69) is 15.3 Å². The van der Waals surface area contributed by atoms with Gasteiger partial charge in [-0.1, -0.05) is 23.4 Å². The van der Waals surface area contributed by atoms with Crippen LogP contribution in [0.25, 0.3) is 21.7 Å². The maximum Gasteiger partial charge on any atom is 0.274 e. The Morgan fingerprint density at radius 2 is 1.82 bits per heavy atom. The number of fused-ring (bicyclic) bond motifs is 4. The number of aromatic amines is 1. The molecule has 5 aromatic rings. The molecule has 258 valence electrons. The maximum absolute atomic E-state index is 13.9. The fraction of sp³-hybridized carbons (Fsp3) is 0.371. The van der Waals surface area contributed by atoms with E-state index >= 15 is 0 Å². The van der Waals surface area contributed by atoms with Gasteiger partial charge in [0.25, 0.3) is 5.91 Å². The lowest BCUT2D eigenvalue weighted by atomic mass is 9.94. The molecule has 0 spiro atoms. The number of nitrogens with zero attached hydrogens (tertiary/aromatic N) is 4. The van der Waals surface area contributed by atoms with Gasteiger partial charge in [-0.15, -0.1) is 16.7 Å². The number of benzene rings is 3. The molecule has 6 rings (SSSR count). The number of H-pyrrole nitrogens is 1. The Hall–Kier alpha value is -4.53. The average Bonchev–Trinajstić information content (AvgIpc) is 3.85. The van der Waals surface area contributed by atoms with E-state index in [4.69, 9.17) is 36.3 Å². The van der Waals surface area contributed by atoms with Gasteiger partial charge in [0.05, 0.1) is 65.2 Å². The third-order valence-electron chi connectivity index (χ3n) is 8.45. The third kappa shape index (κ3) is 7.56. The number of aromatic hydroxyl groups is 1. The Morgan fingerprint density at radius 1 is 1.04 bits per heavy atom. The lowest BCUT2D eigenvalue weighted by Crippen LogP contribution is -2.30.